The molecule has 5 rings (SSSR count). The summed E-state index contributed by atoms with van der Waals surface area (Å²) >= 11 is 0. The summed E-state index contributed by atoms with van der Waals surface area (Å²) in [4.78, 5) is 14.5. The van der Waals surface area contributed by atoms with Crippen molar-refractivity contribution in [3.8, 4) is 17.2 Å². The van der Waals surface area contributed by atoms with E-state index in [-0.39, 0.29) is 23.4 Å². The monoisotopic (exact) mass is 431 g/mol. The van der Waals surface area contributed by atoms with E-state index in [9.17, 15) is 14.4 Å². The maximum Gasteiger partial charge on any atom is 0.228 e. The number of piperidine rings is 1. The van der Waals surface area contributed by atoms with Gasteiger partial charge in [0.05, 0.1) is 11.5 Å². The molecule has 0 bridgehead atoms. The highest BCUT2D eigenvalue weighted by atomic mass is 19.1. The van der Waals surface area contributed by atoms with Gasteiger partial charge in [-0.3, -0.25) is 4.79 Å². The lowest BCUT2D eigenvalue weighted by Crippen LogP contribution is -2.54. The van der Waals surface area contributed by atoms with Gasteiger partial charge in [0, 0.05) is 50.0 Å². The molecule has 3 aliphatic rings. The third-order valence-corrected chi connectivity index (χ3v) is 6.66. The van der Waals surface area contributed by atoms with Gasteiger partial charge in [-0.25, -0.2) is 4.39 Å². The fourth-order valence-corrected chi connectivity index (χ4v) is 4.62. The van der Waals surface area contributed by atoms with Crippen LogP contribution in [0.25, 0.3) is 17.2 Å². The first-order valence-corrected chi connectivity index (χ1v) is 11.2. The Morgan fingerprint density at radius 2 is 1.97 bits per heavy atom. The molecule has 0 radical (unpaired) electrons. The van der Waals surface area contributed by atoms with E-state index in [1.54, 1.807) is 12.1 Å². The number of halogens is 1. The van der Waals surface area contributed by atoms with Crippen LogP contribution in [-0.2, 0) is 11.3 Å². The Morgan fingerprint density at radius 1 is 1.16 bits per heavy atom. The lowest BCUT2D eigenvalue weighted by molar-refractivity contribution is -0.138. The second kappa shape index (κ2) is 8.64. The highest BCUT2D eigenvalue weighted by Crippen LogP contribution is 2.33. The normalized spacial score (nSPS) is 18.3. The molecular weight excluding hydrogens is 405 g/mol. The second-order valence-electron chi connectivity index (χ2n) is 8.71. The van der Waals surface area contributed by atoms with Crippen molar-refractivity contribution in [1.82, 2.24) is 15.5 Å². The Hall–Kier alpha value is -3.37. The number of nitriles is 1. The number of carbonyl (C=O) groups is 1. The van der Waals surface area contributed by atoms with Crippen molar-refractivity contribution < 1.29 is 9.18 Å². The molecule has 32 heavy (non-hydrogen) atoms. The summed E-state index contributed by atoms with van der Waals surface area (Å²) in [6.45, 7) is 3.88. The molecule has 1 amide bonds. The first kappa shape index (κ1) is 20.5. The number of anilines is 1. The molecule has 164 valence electrons. The molecule has 0 aliphatic carbocycles. The number of fused-ring (bicyclic) bond motifs is 1. The first-order chi connectivity index (χ1) is 15.6. The predicted molar refractivity (Wildman–Crippen MR) is 122 cm³/mol. The summed E-state index contributed by atoms with van der Waals surface area (Å²) in [6.07, 6.45) is 5.78. The zero-order valence-electron chi connectivity index (χ0n) is 17.8. The summed E-state index contributed by atoms with van der Waals surface area (Å²) in [5.74, 6) is -0.0775. The molecule has 3 N–H and O–H groups in total. The van der Waals surface area contributed by atoms with E-state index >= 15 is 0 Å². The SMILES string of the molecule is N#Cc1cc(-c2cc3c(c(NC4CCN(C(=O)C5CNC5)CC4)c2)CNC=C3)ccc1F. The molecule has 6 nitrogen and oxygen atoms in total. The molecule has 0 atom stereocenters. The summed E-state index contributed by atoms with van der Waals surface area (Å²) in [5.41, 5.74) is 5.15. The fraction of sp³-hybridized carbons (Fsp3) is 0.360. The highest BCUT2D eigenvalue weighted by Gasteiger charge is 2.31. The average Bonchev–Trinajstić information content (AvgIpc) is 2.78. The number of nitrogens with zero attached hydrogens (tertiary/aromatic N) is 2. The van der Waals surface area contributed by atoms with E-state index in [0.717, 1.165) is 67.9 Å². The minimum atomic E-state index is -0.504. The summed E-state index contributed by atoms with van der Waals surface area (Å²) in [7, 11) is 0. The van der Waals surface area contributed by atoms with Crippen molar-refractivity contribution in [3.05, 3.63) is 59.0 Å². The maximum atomic E-state index is 13.8. The van der Waals surface area contributed by atoms with Crippen molar-refractivity contribution in [2.45, 2.75) is 25.4 Å². The van der Waals surface area contributed by atoms with Crippen LogP contribution in [0.2, 0.25) is 0 Å². The third-order valence-electron chi connectivity index (χ3n) is 6.66. The smallest absolute Gasteiger partial charge is 0.228 e. The molecule has 0 aromatic heterocycles. The molecular formula is C25H26FN5O. The molecule has 2 aromatic carbocycles. The summed E-state index contributed by atoms with van der Waals surface area (Å²) < 4.78 is 13.8. The zero-order chi connectivity index (χ0) is 22.1. The predicted octanol–water partition coefficient (Wildman–Crippen LogP) is 3.06. The van der Waals surface area contributed by atoms with E-state index < -0.39 is 5.82 Å². The van der Waals surface area contributed by atoms with Crippen molar-refractivity contribution >= 4 is 17.7 Å². The van der Waals surface area contributed by atoms with Crippen LogP contribution >= 0.6 is 0 Å². The number of carbonyl (C=O) groups excluding carboxylic acids is 1. The number of nitrogens with one attached hydrogen (secondary N) is 3. The van der Waals surface area contributed by atoms with E-state index in [4.69, 9.17) is 0 Å². The Labute approximate surface area is 187 Å². The van der Waals surface area contributed by atoms with Gasteiger partial charge in [0.2, 0.25) is 5.91 Å². The van der Waals surface area contributed by atoms with Crippen LogP contribution in [0.15, 0.2) is 36.5 Å². The number of rotatable bonds is 4. The fourth-order valence-electron chi connectivity index (χ4n) is 4.62. The quantitative estimate of drug-likeness (QED) is 0.693. The molecule has 3 aliphatic heterocycles. The standard InChI is InChI=1S/C25H26FN5O/c26-23-2-1-16(9-19(23)12-27)18-10-17-3-6-28-15-22(17)24(11-18)30-21-4-7-31(8-5-21)25(32)20-13-29-14-20/h1-3,6,9-11,20-21,28-30H,4-5,7-8,13-15H2. The van der Waals surface area contributed by atoms with Gasteiger partial charge in [0.25, 0.3) is 0 Å². The Morgan fingerprint density at radius 3 is 2.69 bits per heavy atom. The van der Waals surface area contributed by atoms with Crippen LogP contribution in [0.1, 0.15) is 29.5 Å². The molecule has 2 aromatic rings. The molecule has 0 spiro atoms. The minimum absolute atomic E-state index is 0.0469. The van der Waals surface area contributed by atoms with E-state index in [2.05, 4.69) is 28.1 Å². The van der Waals surface area contributed by atoms with Crippen LogP contribution in [0.5, 0.6) is 0 Å². The highest BCUT2D eigenvalue weighted by molar-refractivity contribution is 5.80. The van der Waals surface area contributed by atoms with Gasteiger partial charge in [-0.05, 0) is 66.1 Å². The van der Waals surface area contributed by atoms with Crippen molar-refractivity contribution in [1.29, 1.82) is 5.26 Å². The largest absolute Gasteiger partial charge is 0.387 e. The molecule has 2 fully saturated rings. The molecule has 0 unspecified atom stereocenters. The van der Waals surface area contributed by atoms with Crippen molar-refractivity contribution in [3.63, 3.8) is 0 Å². The number of hydrogen-bond acceptors (Lipinski definition) is 5. The van der Waals surface area contributed by atoms with E-state index in [0.29, 0.717) is 0 Å². The lowest BCUT2D eigenvalue weighted by atomic mass is 9.93. The molecule has 3 heterocycles. The number of hydrogen-bond donors (Lipinski definition) is 3. The van der Waals surface area contributed by atoms with Gasteiger partial charge in [-0.1, -0.05) is 6.07 Å². The van der Waals surface area contributed by atoms with Gasteiger partial charge in [0.1, 0.15) is 11.9 Å². The van der Waals surface area contributed by atoms with E-state index in [1.807, 2.05) is 23.2 Å². The van der Waals surface area contributed by atoms with Crippen molar-refractivity contribution in [2.24, 2.45) is 5.92 Å². The number of amides is 1. The third kappa shape index (κ3) is 3.94. The first-order valence-electron chi connectivity index (χ1n) is 11.2. The van der Waals surface area contributed by atoms with Crippen LogP contribution in [0.3, 0.4) is 0 Å². The van der Waals surface area contributed by atoms with Gasteiger partial charge < -0.3 is 20.9 Å². The molecule has 2 saturated heterocycles. The van der Waals surface area contributed by atoms with Crippen LogP contribution in [0, 0.1) is 23.1 Å². The van der Waals surface area contributed by atoms with E-state index in [1.165, 1.54) is 11.6 Å². The summed E-state index contributed by atoms with van der Waals surface area (Å²) in [5, 5.41) is 19.4. The minimum Gasteiger partial charge on any atom is -0.387 e. The Kier molecular flexibility index (Phi) is 5.54. The second-order valence-corrected chi connectivity index (χ2v) is 8.71. The van der Waals surface area contributed by atoms with Crippen LogP contribution < -0.4 is 16.0 Å². The number of benzene rings is 2. The molecule has 0 saturated carbocycles. The number of likely N-dealkylation sites (tertiary alicyclic amines) is 1. The Balaban J connectivity index is 1.37. The Bertz CT molecular complexity index is 1110. The van der Waals surface area contributed by atoms with Gasteiger partial charge in [-0.15, -0.1) is 0 Å². The molecule has 7 heteroatoms. The average molecular weight is 432 g/mol. The zero-order valence-corrected chi connectivity index (χ0v) is 17.8. The van der Waals surface area contributed by atoms with Gasteiger partial charge in [-0.2, -0.15) is 5.26 Å². The topological polar surface area (TPSA) is 80.2 Å². The van der Waals surface area contributed by atoms with Gasteiger partial charge in [0.15, 0.2) is 0 Å². The lowest BCUT2D eigenvalue weighted by Gasteiger charge is -2.37. The van der Waals surface area contributed by atoms with Crippen LogP contribution in [-0.4, -0.2) is 43.0 Å². The van der Waals surface area contributed by atoms with Crippen molar-refractivity contribution in [2.75, 3.05) is 31.5 Å². The van der Waals surface area contributed by atoms with Gasteiger partial charge >= 0.3 is 0 Å². The summed E-state index contributed by atoms with van der Waals surface area (Å²) in [6, 6.07) is 11.0. The van der Waals surface area contributed by atoms with Crippen LogP contribution in [0.4, 0.5) is 10.1 Å². The maximum absolute atomic E-state index is 13.8.